The van der Waals surface area contributed by atoms with Crippen molar-refractivity contribution >= 4 is 22.6 Å². The van der Waals surface area contributed by atoms with Gasteiger partial charge in [-0.25, -0.2) is 4.98 Å². The summed E-state index contributed by atoms with van der Waals surface area (Å²) < 4.78 is 7.75. The Bertz CT molecular complexity index is 679. The van der Waals surface area contributed by atoms with E-state index in [1.165, 1.54) is 31.2 Å². The minimum absolute atomic E-state index is 0.0671. The van der Waals surface area contributed by atoms with E-state index in [1.807, 2.05) is 19.1 Å². The third kappa shape index (κ3) is 2.05. The van der Waals surface area contributed by atoms with E-state index in [4.69, 9.17) is 21.3 Å². The van der Waals surface area contributed by atoms with E-state index in [0.717, 1.165) is 28.9 Å². The Labute approximate surface area is 130 Å². The first-order valence-electron chi connectivity index (χ1n) is 7.87. The first-order valence-corrected chi connectivity index (χ1v) is 8.31. The van der Waals surface area contributed by atoms with E-state index < -0.39 is 0 Å². The van der Waals surface area contributed by atoms with Gasteiger partial charge >= 0.3 is 0 Å². The summed E-state index contributed by atoms with van der Waals surface area (Å²) in [6, 6.07) is 6.76. The van der Waals surface area contributed by atoms with Gasteiger partial charge in [0.1, 0.15) is 11.6 Å². The molecule has 1 heterocycles. The summed E-state index contributed by atoms with van der Waals surface area (Å²) in [7, 11) is 1.69. The van der Waals surface area contributed by atoms with Gasteiger partial charge in [0.25, 0.3) is 0 Å². The fourth-order valence-corrected chi connectivity index (χ4v) is 4.53. The highest BCUT2D eigenvalue weighted by Crippen LogP contribution is 2.52. The minimum atomic E-state index is -0.0671. The molecule has 0 spiro atoms. The maximum Gasteiger partial charge on any atom is 0.127 e. The highest BCUT2D eigenvalue weighted by atomic mass is 35.5. The van der Waals surface area contributed by atoms with E-state index in [9.17, 15) is 0 Å². The van der Waals surface area contributed by atoms with Crippen LogP contribution in [-0.2, 0) is 0 Å². The lowest BCUT2D eigenvalue weighted by atomic mass is 9.95. The molecule has 1 aromatic heterocycles. The van der Waals surface area contributed by atoms with Gasteiger partial charge in [-0.1, -0.05) is 6.42 Å². The van der Waals surface area contributed by atoms with Crippen molar-refractivity contribution < 1.29 is 4.74 Å². The fourth-order valence-electron chi connectivity index (χ4n) is 4.38. The molecule has 2 saturated carbocycles. The van der Waals surface area contributed by atoms with Crippen molar-refractivity contribution in [3.63, 3.8) is 0 Å². The average molecular weight is 305 g/mol. The third-order valence-electron chi connectivity index (χ3n) is 5.31. The largest absolute Gasteiger partial charge is 0.497 e. The summed E-state index contributed by atoms with van der Waals surface area (Å²) in [6.45, 7) is 2.02. The van der Waals surface area contributed by atoms with Crippen molar-refractivity contribution in [2.24, 2.45) is 11.8 Å². The normalized spacial score (nSPS) is 29.2. The number of nitrogens with zero attached hydrogens (tertiary/aromatic N) is 2. The molecule has 0 amide bonds. The first-order chi connectivity index (χ1) is 10.2. The third-order valence-corrected chi connectivity index (χ3v) is 5.51. The number of fused-ring (bicyclic) bond motifs is 3. The standard InChI is InChI=1S/C17H21ClN2O/c1-10(18)17-19-14-9-13(21-2)5-6-15(14)20(17)16-8-11-3-4-12(16)7-11/h5-6,9-12,16H,3-4,7-8H2,1-2H3. The van der Waals surface area contributed by atoms with E-state index in [-0.39, 0.29) is 5.38 Å². The smallest absolute Gasteiger partial charge is 0.127 e. The van der Waals surface area contributed by atoms with Crippen LogP contribution < -0.4 is 4.74 Å². The number of hydrogen-bond acceptors (Lipinski definition) is 2. The van der Waals surface area contributed by atoms with Gasteiger partial charge in [-0.3, -0.25) is 0 Å². The summed E-state index contributed by atoms with van der Waals surface area (Å²) in [4.78, 5) is 4.80. The molecule has 4 atom stereocenters. The van der Waals surface area contributed by atoms with Crippen molar-refractivity contribution in [3.8, 4) is 5.75 Å². The molecule has 4 unspecified atom stereocenters. The second kappa shape index (κ2) is 4.91. The Morgan fingerprint density at radius 2 is 2.19 bits per heavy atom. The van der Waals surface area contributed by atoms with Crippen molar-refractivity contribution in [2.45, 2.75) is 44.0 Å². The van der Waals surface area contributed by atoms with Crippen LogP contribution in [0.3, 0.4) is 0 Å². The van der Waals surface area contributed by atoms with Crippen LogP contribution in [0, 0.1) is 11.8 Å². The molecular weight excluding hydrogens is 284 g/mol. The predicted molar refractivity (Wildman–Crippen MR) is 85.0 cm³/mol. The van der Waals surface area contributed by atoms with Gasteiger partial charge in [0.05, 0.1) is 23.5 Å². The first kappa shape index (κ1) is 13.4. The number of ether oxygens (including phenoxy) is 1. The minimum Gasteiger partial charge on any atom is -0.497 e. The molecule has 0 N–H and O–H groups in total. The van der Waals surface area contributed by atoms with Crippen molar-refractivity contribution in [1.29, 1.82) is 0 Å². The highest BCUT2D eigenvalue weighted by Gasteiger charge is 2.42. The van der Waals surface area contributed by atoms with Crippen LogP contribution in [0.5, 0.6) is 5.75 Å². The number of imidazole rings is 1. The second-order valence-corrected chi connectivity index (χ2v) is 7.21. The second-order valence-electron chi connectivity index (χ2n) is 6.55. The quantitative estimate of drug-likeness (QED) is 0.768. The molecule has 2 fully saturated rings. The van der Waals surface area contributed by atoms with Crippen molar-refractivity contribution in [3.05, 3.63) is 24.0 Å². The monoisotopic (exact) mass is 304 g/mol. The molecule has 1 aromatic carbocycles. The van der Waals surface area contributed by atoms with Crippen molar-refractivity contribution in [1.82, 2.24) is 9.55 Å². The molecule has 0 radical (unpaired) electrons. The van der Waals surface area contributed by atoms with E-state index in [0.29, 0.717) is 6.04 Å². The fraction of sp³-hybridized carbons (Fsp3) is 0.588. The maximum absolute atomic E-state index is 6.42. The summed E-state index contributed by atoms with van der Waals surface area (Å²) >= 11 is 6.42. The molecule has 4 rings (SSSR count). The van der Waals surface area contributed by atoms with Gasteiger partial charge in [0.2, 0.25) is 0 Å². The number of benzene rings is 1. The Hall–Kier alpha value is -1.22. The lowest BCUT2D eigenvalue weighted by molar-refractivity contribution is 0.329. The van der Waals surface area contributed by atoms with Gasteiger partial charge < -0.3 is 9.30 Å². The van der Waals surface area contributed by atoms with E-state index in [1.54, 1.807) is 7.11 Å². The topological polar surface area (TPSA) is 27.1 Å². The number of alkyl halides is 1. The molecule has 2 aliphatic carbocycles. The van der Waals surface area contributed by atoms with Gasteiger partial charge in [0.15, 0.2) is 0 Å². The highest BCUT2D eigenvalue weighted by molar-refractivity contribution is 6.20. The Morgan fingerprint density at radius 1 is 1.33 bits per heavy atom. The van der Waals surface area contributed by atoms with Crippen molar-refractivity contribution in [2.75, 3.05) is 7.11 Å². The Kier molecular flexibility index (Phi) is 3.14. The van der Waals surface area contributed by atoms with Crippen LogP contribution in [-0.4, -0.2) is 16.7 Å². The summed E-state index contributed by atoms with van der Waals surface area (Å²) in [6.07, 6.45) is 5.45. The number of aromatic nitrogens is 2. The van der Waals surface area contributed by atoms with Gasteiger partial charge in [0, 0.05) is 12.1 Å². The average Bonchev–Trinajstić information content (AvgIpc) is 3.18. The zero-order chi connectivity index (χ0) is 14.6. The molecule has 112 valence electrons. The summed E-state index contributed by atoms with van der Waals surface area (Å²) in [5, 5.41) is -0.0671. The van der Waals surface area contributed by atoms with Crippen LogP contribution in [0.25, 0.3) is 11.0 Å². The molecule has 4 heteroatoms. The lowest BCUT2D eigenvalue weighted by Gasteiger charge is -2.26. The summed E-state index contributed by atoms with van der Waals surface area (Å²) in [5.41, 5.74) is 2.20. The van der Waals surface area contributed by atoms with E-state index in [2.05, 4.69) is 10.6 Å². The molecular formula is C17H21ClN2O. The maximum atomic E-state index is 6.42. The number of rotatable bonds is 3. The molecule has 21 heavy (non-hydrogen) atoms. The molecule has 0 saturated heterocycles. The molecule has 2 aliphatic rings. The van der Waals surface area contributed by atoms with Gasteiger partial charge in [-0.2, -0.15) is 0 Å². The Balaban J connectivity index is 1.87. The zero-order valence-corrected chi connectivity index (χ0v) is 13.3. The SMILES string of the molecule is COc1ccc2c(c1)nc(C(C)Cl)n2C1CC2CCC1C2. The summed E-state index contributed by atoms with van der Waals surface area (Å²) in [5.74, 6) is 3.59. The van der Waals surface area contributed by atoms with Gasteiger partial charge in [-0.05, 0) is 50.2 Å². The molecule has 0 aliphatic heterocycles. The van der Waals surface area contributed by atoms with Crippen LogP contribution in [0.4, 0.5) is 0 Å². The lowest BCUT2D eigenvalue weighted by Crippen LogP contribution is -2.18. The zero-order valence-electron chi connectivity index (χ0n) is 12.6. The van der Waals surface area contributed by atoms with E-state index >= 15 is 0 Å². The molecule has 2 bridgehead atoms. The molecule has 3 nitrogen and oxygen atoms in total. The van der Waals surface area contributed by atoms with Crippen LogP contribution in [0.2, 0.25) is 0 Å². The van der Waals surface area contributed by atoms with Gasteiger partial charge in [-0.15, -0.1) is 11.6 Å². The number of methoxy groups -OCH3 is 1. The van der Waals surface area contributed by atoms with Crippen LogP contribution >= 0.6 is 11.6 Å². The van der Waals surface area contributed by atoms with Crippen LogP contribution in [0.15, 0.2) is 18.2 Å². The Morgan fingerprint density at radius 3 is 2.81 bits per heavy atom. The predicted octanol–water partition coefficient (Wildman–Crippen LogP) is 4.71. The number of hydrogen-bond donors (Lipinski definition) is 0. The van der Waals surface area contributed by atoms with Crippen LogP contribution in [0.1, 0.15) is 49.9 Å². The molecule has 2 aromatic rings. The number of halogens is 1.